The largest absolute Gasteiger partial charge is 0.507 e. The Balaban J connectivity index is 1.83. The topological polar surface area (TPSA) is 52.9 Å². The molecule has 1 amide bonds. The number of hydrogen-bond donors (Lipinski definition) is 1. The lowest BCUT2D eigenvalue weighted by Crippen LogP contribution is -2.28. The van der Waals surface area contributed by atoms with Gasteiger partial charge in [-0.05, 0) is 110 Å². The van der Waals surface area contributed by atoms with Crippen LogP contribution in [-0.4, -0.2) is 16.2 Å². The highest BCUT2D eigenvalue weighted by molar-refractivity contribution is 8.19. The molecule has 4 rings (SSSR count). The first-order valence-corrected chi connectivity index (χ1v) is 11.4. The van der Waals surface area contributed by atoms with E-state index in [1.165, 1.54) is 23.4 Å². The number of aryl methyl sites for hydroxylation is 4. The van der Waals surface area contributed by atoms with E-state index in [0.717, 1.165) is 28.1 Å². The summed E-state index contributed by atoms with van der Waals surface area (Å²) in [4.78, 5) is 20.4. The van der Waals surface area contributed by atoms with Gasteiger partial charge in [-0.25, -0.2) is 4.99 Å². The molecule has 32 heavy (non-hydrogen) atoms. The normalized spacial score (nSPS) is 16.4. The van der Waals surface area contributed by atoms with Crippen LogP contribution in [0.3, 0.4) is 0 Å². The van der Waals surface area contributed by atoms with E-state index < -0.39 is 0 Å². The molecule has 6 heteroatoms. The number of nitrogens with zero attached hydrogens (tertiary/aromatic N) is 2. The van der Waals surface area contributed by atoms with Crippen LogP contribution in [-0.2, 0) is 4.79 Å². The van der Waals surface area contributed by atoms with Gasteiger partial charge < -0.3 is 5.11 Å². The Bertz CT molecular complexity index is 1300. The van der Waals surface area contributed by atoms with E-state index in [9.17, 15) is 9.90 Å². The third-order valence-corrected chi connectivity index (χ3v) is 6.75. The molecule has 0 aliphatic carbocycles. The molecule has 1 heterocycles. The van der Waals surface area contributed by atoms with Gasteiger partial charge in [0.25, 0.3) is 5.91 Å². The van der Waals surface area contributed by atoms with Gasteiger partial charge >= 0.3 is 0 Å². The van der Waals surface area contributed by atoms with E-state index in [-0.39, 0.29) is 11.7 Å². The van der Waals surface area contributed by atoms with Crippen molar-refractivity contribution >= 4 is 51.9 Å². The summed E-state index contributed by atoms with van der Waals surface area (Å²) >= 11 is 7.37. The van der Waals surface area contributed by atoms with Crippen LogP contribution in [0.5, 0.6) is 5.75 Å². The van der Waals surface area contributed by atoms with Crippen molar-refractivity contribution < 1.29 is 9.90 Å². The van der Waals surface area contributed by atoms with Gasteiger partial charge in [0.15, 0.2) is 5.17 Å². The van der Waals surface area contributed by atoms with E-state index >= 15 is 0 Å². The molecular formula is C26H23ClN2O2S. The first-order valence-electron chi connectivity index (χ1n) is 10.2. The molecule has 0 unspecified atom stereocenters. The summed E-state index contributed by atoms with van der Waals surface area (Å²) in [7, 11) is 0. The maximum atomic E-state index is 13.5. The highest BCUT2D eigenvalue weighted by Gasteiger charge is 2.35. The molecule has 3 aromatic rings. The number of thioether (sulfide) groups is 1. The second-order valence-corrected chi connectivity index (χ2v) is 9.33. The van der Waals surface area contributed by atoms with Crippen LogP contribution < -0.4 is 4.90 Å². The Labute approximate surface area is 197 Å². The van der Waals surface area contributed by atoms with Crippen molar-refractivity contribution in [1.82, 2.24) is 0 Å². The summed E-state index contributed by atoms with van der Waals surface area (Å²) < 4.78 is 0. The number of benzene rings is 3. The minimum Gasteiger partial charge on any atom is -0.507 e. The number of carbonyl (C=O) groups is 1. The number of aromatic hydroxyl groups is 1. The van der Waals surface area contributed by atoms with Crippen LogP contribution >= 0.6 is 23.4 Å². The molecule has 162 valence electrons. The van der Waals surface area contributed by atoms with Gasteiger partial charge in [-0.3, -0.25) is 9.69 Å². The molecule has 0 radical (unpaired) electrons. The Hall–Kier alpha value is -3.02. The van der Waals surface area contributed by atoms with Crippen molar-refractivity contribution in [3.63, 3.8) is 0 Å². The lowest BCUT2D eigenvalue weighted by molar-refractivity contribution is -0.113. The lowest BCUT2D eigenvalue weighted by Gasteiger charge is -2.17. The first kappa shape index (κ1) is 22.2. The minimum absolute atomic E-state index is 0.0626. The quantitative estimate of drug-likeness (QED) is 0.423. The highest BCUT2D eigenvalue weighted by Crippen LogP contribution is 2.39. The third kappa shape index (κ3) is 4.45. The smallest absolute Gasteiger partial charge is 0.271 e. The SMILES string of the molecule is Cc1ccc(N=C2S/C(=C\c3cc(Cl)ccc3O)C(=O)N2c2ccc(C)c(C)c2)cc1C. The predicted molar refractivity (Wildman–Crippen MR) is 135 cm³/mol. The number of hydrogen-bond acceptors (Lipinski definition) is 4. The number of rotatable bonds is 3. The summed E-state index contributed by atoms with van der Waals surface area (Å²) in [6.45, 7) is 8.16. The van der Waals surface area contributed by atoms with Crippen molar-refractivity contribution in [3.8, 4) is 5.75 Å². The fraction of sp³-hybridized carbons (Fsp3) is 0.154. The number of amides is 1. The molecule has 0 aromatic heterocycles. The predicted octanol–water partition coefficient (Wildman–Crippen LogP) is 7.09. The molecule has 0 bridgehead atoms. The van der Waals surface area contributed by atoms with Gasteiger partial charge in [0, 0.05) is 10.6 Å². The van der Waals surface area contributed by atoms with Gasteiger partial charge in [-0.2, -0.15) is 0 Å². The Kier molecular flexibility index (Phi) is 6.13. The zero-order valence-corrected chi connectivity index (χ0v) is 19.9. The van der Waals surface area contributed by atoms with Crippen molar-refractivity contribution in [2.45, 2.75) is 27.7 Å². The van der Waals surface area contributed by atoms with E-state index in [1.54, 1.807) is 23.1 Å². The molecule has 1 saturated heterocycles. The fourth-order valence-corrected chi connectivity index (χ4v) is 4.50. The Morgan fingerprint density at radius 2 is 1.59 bits per heavy atom. The molecule has 1 N–H and O–H groups in total. The Morgan fingerprint density at radius 1 is 0.906 bits per heavy atom. The van der Waals surface area contributed by atoms with Gasteiger partial charge in [0.1, 0.15) is 5.75 Å². The Morgan fingerprint density at radius 3 is 2.28 bits per heavy atom. The molecular weight excluding hydrogens is 440 g/mol. The molecule has 4 nitrogen and oxygen atoms in total. The van der Waals surface area contributed by atoms with Crippen LogP contribution in [0.15, 0.2) is 64.5 Å². The number of phenolic OH excluding ortho intramolecular Hbond substituents is 1. The lowest BCUT2D eigenvalue weighted by atomic mass is 10.1. The molecule has 3 aromatic carbocycles. The van der Waals surface area contributed by atoms with Crippen LogP contribution in [0.1, 0.15) is 27.8 Å². The highest BCUT2D eigenvalue weighted by atomic mass is 35.5. The van der Waals surface area contributed by atoms with Crippen LogP contribution in [0.4, 0.5) is 11.4 Å². The zero-order valence-electron chi connectivity index (χ0n) is 18.3. The number of carbonyl (C=O) groups excluding carboxylic acids is 1. The molecule has 1 fully saturated rings. The van der Waals surface area contributed by atoms with Crippen molar-refractivity contribution in [2.75, 3.05) is 4.90 Å². The molecule has 0 saturated carbocycles. The number of amidine groups is 1. The molecule has 1 aliphatic heterocycles. The van der Waals surface area contributed by atoms with Gasteiger partial charge in [0.05, 0.1) is 16.3 Å². The fourth-order valence-electron chi connectivity index (χ4n) is 3.33. The molecule has 0 atom stereocenters. The molecule has 0 spiro atoms. The van der Waals surface area contributed by atoms with Crippen LogP contribution in [0, 0.1) is 27.7 Å². The monoisotopic (exact) mass is 462 g/mol. The second-order valence-electron chi connectivity index (χ2n) is 7.89. The summed E-state index contributed by atoms with van der Waals surface area (Å²) in [6, 6.07) is 16.7. The van der Waals surface area contributed by atoms with Crippen molar-refractivity contribution in [2.24, 2.45) is 4.99 Å². The van der Waals surface area contributed by atoms with Gasteiger partial charge in [0.2, 0.25) is 0 Å². The minimum atomic E-state index is -0.194. The maximum absolute atomic E-state index is 13.5. The van der Waals surface area contributed by atoms with E-state index in [2.05, 4.69) is 6.92 Å². The summed E-state index contributed by atoms with van der Waals surface area (Å²) in [5.41, 5.74) is 6.60. The molecule has 1 aliphatic rings. The van der Waals surface area contributed by atoms with Crippen molar-refractivity contribution in [3.05, 3.63) is 92.3 Å². The average molecular weight is 463 g/mol. The average Bonchev–Trinajstić information content (AvgIpc) is 3.04. The second kappa shape index (κ2) is 8.85. The zero-order chi connectivity index (χ0) is 23.0. The van der Waals surface area contributed by atoms with E-state index in [0.29, 0.717) is 20.7 Å². The summed E-state index contributed by atoms with van der Waals surface area (Å²) in [6.07, 6.45) is 1.66. The van der Waals surface area contributed by atoms with E-state index in [1.807, 2.05) is 57.2 Å². The van der Waals surface area contributed by atoms with Crippen molar-refractivity contribution in [1.29, 1.82) is 0 Å². The van der Waals surface area contributed by atoms with Crippen LogP contribution in [0.25, 0.3) is 6.08 Å². The number of phenols is 1. The summed E-state index contributed by atoms with van der Waals surface area (Å²) in [5.74, 6) is -0.132. The maximum Gasteiger partial charge on any atom is 0.271 e. The first-order chi connectivity index (χ1) is 15.2. The van der Waals surface area contributed by atoms with Gasteiger partial charge in [-0.15, -0.1) is 0 Å². The standard InChI is InChI=1S/C26H23ClN2O2S/c1-15-5-8-21(11-17(15)3)28-26-29(22-9-6-16(2)18(4)12-22)25(31)24(32-26)14-19-13-20(27)7-10-23(19)30/h5-14,30H,1-4H3/b24-14-,28-26?. The number of anilines is 1. The van der Waals surface area contributed by atoms with Crippen LogP contribution in [0.2, 0.25) is 5.02 Å². The number of aliphatic imine (C=N–C) groups is 1. The third-order valence-electron chi connectivity index (χ3n) is 5.55. The number of halogens is 1. The van der Waals surface area contributed by atoms with Gasteiger partial charge in [-0.1, -0.05) is 23.7 Å². The van der Waals surface area contributed by atoms with E-state index in [4.69, 9.17) is 16.6 Å². The summed E-state index contributed by atoms with van der Waals surface area (Å²) in [5, 5.41) is 11.3.